The number of carbonyl (C=O) groups is 3. The molecule has 0 bridgehead atoms. The Labute approximate surface area is 537 Å². The number of rotatable bonds is 37. The Hall–Kier alpha value is -7.37. The number of hydrogen-bond donors (Lipinski definition) is 4. The minimum Gasteiger partial charge on any atom is -0.550 e. The second-order valence-corrected chi connectivity index (χ2v) is 22.8. The van der Waals surface area contributed by atoms with Crippen LogP contribution in [0.5, 0.6) is 0 Å². The zero-order chi connectivity index (χ0) is 64.3. The molecule has 0 aliphatic rings. The highest BCUT2D eigenvalue weighted by Gasteiger charge is 2.02. The monoisotopic (exact) mass is 1210 g/mol. The van der Waals surface area contributed by atoms with Gasteiger partial charge in [0.15, 0.2) is 0 Å². The lowest BCUT2D eigenvalue weighted by Gasteiger charge is -2.01. The first-order valence-electron chi connectivity index (χ1n) is 34.0. The quantitative estimate of drug-likeness (QED) is 0.0221. The van der Waals surface area contributed by atoms with E-state index in [9.17, 15) is 24.6 Å². The van der Waals surface area contributed by atoms with Gasteiger partial charge in [-0.3, -0.25) is 4.79 Å². The summed E-state index contributed by atoms with van der Waals surface area (Å²) in [5.74, 6) is 21.6. The third-order valence-corrected chi connectivity index (χ3v) is 15.4. The smallest absolute Gasteiger partial charge is 0.303 e. The van der Waals surface area contributed by atoms with Crippen LogP contribution in [0, 0.1) is 47.4 Å². The van der Waals surface area contributed by atoms with E-state index in [1.807, 2.05) is 0 Å². The first-order chi connectivity index (χ1) is 43.6. The molecule has 0 atom stereocenters. The molecule has 9 heteroatoms. The Morgan fingerprint density at radius 2 is 0.562 bits per heavy atom. The van der Waals surface area contributed by atoms with Gasteiger partial charge in [0.2, 0.25) is 0 Å². The normalized spacial score (nSPS) is 10.1. The third-order valence-electron chi connectivity index (χ3n) is 15.4. The van der Waals surface area contributed by atoms with Gasteiger partial charge in [-0.15, -0.1) is 0 Å². The molecule has 0 aromatic heterocycles. The minimum atomic E-state index is -0.950. The second-order valence-electron chi connectivity index (χ2n) is 22.8. The van der Waals surface area contributed by atoms with E-state index in [1.54, 1.807) is 0 Å². The second kappa shape index (κ2) is 55.9. The van der Waals surface area contributed by atoms with Gasteiger partial charge in [-0.2, -0.15) is 0 Å². The summed E-state index contributed by atoms with van der Waals surface area (Å²) in [6, 6.07) is 44.3. The van der Waals surface area contributed by atoms with Crippen molar-refractivity contribution in [1.29, 1.82) is 0 Å². The molecule has 10 N–H and O–H groups in total. The lowest BCUT2D eigenvalue weighted by Crippen LogP contribution is -2.47. The number of unbranched alkanes of at least 4 members (excludes halogenated alkanes) is 28. The van der Waals surface area contributed by atoms with Crippen molar-refractivity contribution in [1.82, 2.24) is 0 Å². The van der Waals surface area contributed by atoms with Crippen molar-refractivity contribution >= 4 is 50.2 Å². The van der Waals surface area contributed by atoms with Gasteiger partial charge in [0, 0.05) is 60.7 Å². The molecule has 0 radical (unpaired) electrons. The van der Waals surface area contributed by atoms with E-state index in [1.165, 1.54) is 126 Å². The van der Waals surface area contributed by atoms with Gasteiger partial charge >= 0.3 is 5.97 Å². The zero-order valence-corrected chi connectivity index (χ0v) is 54.6. The molecular formula is C80H110N3O6+. The largest absolute Gasteiger partial charge is 0.550 e. The molecule has 0 fully saturated rings. The fourth-order valence-corrected chi connectivity index (χ4v) is 10.2. The van der Waals surface area contributed by atoms with Crippen molar-refractivity contribution in [2.24, 2.45) is 0 Å². The van der Waals surface area contributed by atoms with Crippen LogP contribution in [0.3, 0.4) is 0 Å². The van der Waals surface area contributed by atoms with Crippen LogP contribution in [0.25, 0.3) is 32.3 Å². The molecular weight excluding hydrogens is 1100 g/mol. The molecule has 0 aliphatic heterocycles. The van der Waals surface area contributed by atoms with Crippen LogP contribution in [-0.2, 0) is 34.0 Å². The molecule has 0 aliphatic carbocycles. The molecule has 89 heavy (non-hydrogen) atoms. The predicted octanol–water partition coefficient (Wildman–Crippen LogP) is 15.0. The summed E-state index contributed by atoms with van der Waals surface area (Å²) >= 11 is 0. The van der Waals surface area contributed by atoms with Gasteiger partial charge in [-0.25, -0.2) is 0 Å². The Balaban J connectivity index is 0.000000397. The van der Waals surface area contributed by atoms with Crippen molar-refractivity contribution in [3.8, 4) is 47.4 Å². The first kappa shape index (κ1) is 77.7. The lowest BCUT2D eigenvalue weighted by atomic mass is 10.1. The number of quaternary nitrogens is 3. The van der Waals surface area contributed by atoms with Crippen LogP contribution in [-0.4, -0.2) is 23.0 Å². The average molecular weight is 1210 g/mol. The maximum atomic E-state index is 10.4. The summed E-state index contributed by atoms with van der Waals surface area (Å²) in [5.41, 5.74) is 15.7. The fraction of sp³-hybridized carbons (Fsp3) is 0.487. The molecule has 0 saturated carbocycles. The lowest BCUT2D eigenvalue weighted by molar-refractivity contribution is -0.386. The number of aliphatic carboxylic acids is 3. The molecule has 0 heterocycles. The van der Waals surface area contributed by atoms with Crippen molar-refractivity contribution in [2.75, 3.05) is 0 Å². The van der Waals surface area contributed by atoms with E-state index in [0.717, 1.165) is 148 Å². The molecule has 6 rings (SSSR count). The Bertz CT molecular complexity index is 2830. The summed E-state index contributed by atoms with van der Waals surface area (Å²) < 4.78 is 0. The van der Waals surface area contributed by atoms with E-state index >= 15 is 0 Å². The molecule has 480 valence electrons. The van der Waals surface area contributed by atoms with Gasteiger partial charge in [-0.1, -0.05) is 293 Å². The Morgan fingerprint density at radius 1 is 0.326 bits per heavy atom. The van der Waals surface area contributed by atoms with Crippen molar-refractivity contribution < 1.29 is 46.9 Å². The summed E-state index contributed by atoms with van der Waals surface area (Å²) in [6.07, 6.45) is 36.7. The van der Waals surface area contributed by atoms with E-state index in [4.69, 9.17) is 5.11 Å². The molecule has 0 spiro atoms. The average Bonchev–Trinajstić information content (AvgIpc) is 3.48. The highest BCUT2D eigenvalue weighted by atomic mass is 16.4. The number of hydrogen-bond acceptors (Lipinski definition) is 5. The summed E-state index contributed by atoms with van der Waals surface area (Å²) in [7, 11) is 0. The molecule has 0 amide bonds. The summed E-state index contributed by atoms with van der Waals surface area (Å²) in [5, 5.41) is 36.9. The predicted molar refractivity (Wildman–Crippen MR) is 368 cm³/mol. The van der Waals surface area contributed by atoms with E-state index < -0.39 is 17.9 Å². The van der Waals surface area contributed by atoms with Gasteiger partial charge in [0.05, 0.1) is 0 Å². The summed E-state index contributed by atoms with van der Waals surface area (Å²) in [4.78, 5) is 30.9. The van der Waals surface area contributed by atoms with Crippen LogP contribution in [0.1, 0.15) is 248 Å². The van der Waals surface area contributed by atoms with E-state index in [-0.39, 0.29) is 19.3 Å². The van der Waals surface area contributed by atoms with Crippen molar-refractivity contribution in [3.63, 3.8) is 0 Å². The summed E-state index contributed by atoms with van der Waals surface area (Å²) in [6.45, 7) is 4.86. The van der Waals surface area contributed by atoms with E-state index in [2.05, 4.69) is 199 Å². The third kappa shape index (κ3) is 42.2. The number of carboxylic acid groups (broad SMARTS) is 3. The number of carbonyl (C=O) groups excluding carboxylic acids is 2. The van der Waals surface area contributed by atoms with Crippen LogP contribution in [0.15, 0.2) is 127 Å². The SMILES string of the molecule is CCCCCCCCCCCCC#CC#CCCCCCCCCC(=O)[O-].O=C([O-])CCCCCCCCC#CC#CCCCCCCCCC(=O)O.[NH3+]Cc1cccc2ccccc12.[NH3+]Cc1cccc2ccccc12.[NH3+]Cc1cccc2ccccc12. The van der Waals surface area contributed by atoms with E-state index in [0.29, 0.717) is 0 Å². The van der Waals surface area contributed by atoms with Crippen molar-refractivity contribution in [2.45, 2.75) is 251 Å². The highest BCUT2D eigenvalue weighted by Crippen LogP contribution is 2.20. The standard InChI is InChI=1S/C25H42O2.C22H34O4.3C11H11N/c1-2-3-4-5-6-7-8-9-10-11-12-13-14-15-16-17-18-19-20-21-22-23-24-25(26)27;23-21(24)19-17-15-13-11-9-7-5-3-1-2-4-6-8-10-12-14-16-18-20-22(25)26;3*12-8-10-6-3-5-9-4-1-2-7-11(9)10/h2-12,17-24H2,1H3,(H,26,27);5-20H2,(H,23,24)(H,25,26);3*1-7H,8,12H2/p+1. The van der Waals surface area contributed by atoms with Gasteiger partial charge < -0.3 is 42.1 Å². The van der Waals surface area contributed by atoms with Crippen LogP contribution >= 0.6 is 0 Å². The first-order valence-corrected chi connectivity index (χ1v) is 34.0. The van der Waals surface area contributed by atoms with Crippen molar-refractivity contribution in [3.05, 3.63) is 144 Å². The van der Waals surface area contributed by atoms with Gasteiger partial charge in [-0.05, 0) is 114 Å². The molecule has 0 unspecified atom stereocenters. The maximum absolute atomic E-state index is 10.4. The highest BCUT2D eigenvalue weighted by molar-refractivity contribution is 5.87. The Kier molecular flexibility index (Phi) is 48.8. The topological polar surface area (TPSA) is 200 Å². The number of fused-ring (bicyclic) bond motifs is 3. The zero-order valence-electron chi connectivity index (χ0n) is 54.6. The molecule has 9 nitrogen and oxygen atoms in total. The number of benzene rings is 6. The number of carboxylic acids is 3. The Morgan fingerprint density at radius 3 is 0.820 bits per heavy atom. The maximum Gasteiger partial charge on any atom is 0.303 e. The van der Waals surface area contributed by atoms with Crippen LogP contribution < -0.4 is 27.4 Å². The van der Waals surface area contributed by atoms with Crippen LogP contribution in [0.2, 0.25) is 0 Å². The molecule has 0 saturated heterocycles. The van der Waals surface area contributed by atoms with Gasteiger partial charge in [0.25, 0.3) is 0 Å². The van der Waals surface area contributed by atoms with Crippen LogP contribution in [0.4, 0.5) is 0 Å². The minimum absolute atomic E-state index is 0.178. The molecule has 6 aromatic rings. The fourth-order valence-electron chi connectivity index (χ4n) is 10.2. The van der Waals surface area contributed by atoms with Gasteiger partial charge in [0.1, 0.15) is 19.6 Å². The molecule has 6 aromatic carbocycles.